The SMILES string of the molecule is COc1ccc(-c2cc(-c3ccc(C)cc3)nc(NCCNc3ccnc4cc(Cl)ccc34)n2)cc1. The van der Waals surface area contributed by atoms with E-state index in [-0.39, 0.29) is 0 Å². The standard InChI is InChI=1S/C29H26ClN5O/c1-19-3-5-20(6-4-19)26-18-27(21-7-10-23(36-2)11-8-21)35-29(34-26)33-16-15-32-25-13-14-31-28-17-22(30)9-12-24(25)28/h3-14,17-18H,15-16H2,1-2H3,(H,31,32)(H,33,34,35). The van der Waals surface area contributed by atoms with Crippen molar-refractivity contribution >= 4 is 34.1 Å². The average Bonchev–Trinajstić information content (AvgIpc) is 2.91. The van der Waals surface area contributed by atoms with Gasteiger partial charge in [-0.15, -0.1) is 0 Å². The van der Waals surface area contributed by atoms with Crippen LogP contribution in [0.15, 0.2) is 85.1 Å². The van der Waals surface area contributed by atoms with Gasteiger partial charge in [0.05, 0.1) is 24.0 Å². The van der Waals surface area contributed by atoms with Gasteiger partial charge in [0.2, 0.25) is 5.95 Å². The summed E-state index contributed by atoms with van der Waals surface area (Å²) in [4.78, 5) is 14.0. The Morgan fingerprint density at radius 1 is 0.778 bits per heavy atom. The Morgan fingerprint density at radius 3 is 2.14 bits per heavy atom. The fraction of sp³-hybridized carbons (Fsp3) is 0.138. The van der Waals surface area contributed by atoms with E-state index in [1.807, 2.05) is 54.6 Å². The number of aryl methyl sites for hydroxylation is 1. The number of pyridine rings is 1. The van der Waals surface area contributed by atoms with Crippen molar-refractivity contribution in [2.45, 2.75) is 6.92 Å². The van der Waals surface area contributed by atoms with Gasteiger partial charge in [-0.2, -0.15) is 0 Å². The molecule has 7 heteroatoms. The Balaban J connectivity index is 1.36. The van der Waals surface area contributed by atoms with Crippen LogP contribution in [0.5, 0.6) is 5.75 Å². The van der Waals surface area contributed by atoms with Crippen LogP contribution in [0.3, 0.4) is 0 Å². The lowest BCUT2D eigenvalue weighted by molar-refractivity contribution is 0.415. The number of anilines is 2. The monoisotopic (exact) mass is 495 g/mol. The van der Waals surface area contributed by atoms with E-state index in [9.17, 15) is 0 Å². The van der Waals surface area contributed by atoms with Gasteiger partial charge < -0.3 is 15.4 Å². The zero-order valence-electron chi connectivity index (χ0n) is 20.1. The molecule has 0 atom stereocenters. The maximum atomic E-state index is 6.11. The zero-order valence-corrected chi connectivity index (χ0v) is 20.9. The quantitative estimate of drug-likeness (QED) is 0.229. The molecule has 0 fully saturated rings. The number of nitrogens with one attached hydrogen (secondary N) is 2. The first-order chi connectivity index (χ1) is 17.6. The number of hydrogen-bond acceptors (Lipinski definition) is 6. The van der Waals surface area contributed by atoms with E-state index < -0.39 is 0 Å². The van der Waals surface area contributed by atoms with Gasteiger partial charge in [0.1, 0.15) is 5.75 Å². The number of nitrogens with zero attached hydrogens (tertiary/aromatic N) is 3. The van der Waals surface area contributed by atoms with Crippen LogP contribution < -0.4 is 15.4 Å². The van der Waals surface area contributed by atoms with Gasteiger partial charge in [-0.25, -0.2) is 9.97 Å². The van der Waals surface area contributed by atoms with E-state index in [2.05, 4.69) is 46.8 Å². The molecular formula is C29H26ClN5O. The van der Waals surface area contributed by atoms with Crippen molar-refractivity contribution in [2.24, 2.45) is 0 Å². The van der Waals surface area contributed by atoms with Crippen LogP contribution >= 0.6 is 11.6 Å². The molecule has 0 spiro atoms. The Labute approximate surface area is 215 Å². The van der Waals surface area contributed by atoms with Crippen LogP contribution in [-0.4, -0.2) is 35.2 Å². The molecular weight excluding hydrogens is 470 g/mol. The van der Waals surface area contributed by atoms with Crippen molar-refractivity contribution in [3.8, 4) is 28.3 Å². The first-order valence-corrected chi connectivity index (χ1v) is 12.1. The van der Waals surface area contributed by atoms with E-state index in [4.69, 9.17) is 26.3 Å². The third kappa shape index (κ3) is 5.39. The zero-order chi connectivity index (χ0) is 24.9. The highest BCUT2D eigenvalue weighted by molar-refractivity contribution is 6.31. The summed E-state index contributed by atoms with van der Waals surface area (Å²) in [6.45, 7) is 3.39. The first kappa shape index (κ1) is 23.6. The van der Waals surface area contributed by atoms with Gasteiger partial charge in [-0.05, 0) is 61.5 Å². The van der Waals surface area contributed by atoms with Crippen molar-refractivity contribution in [1.29, 1.82) is 0 Å². The van der Waals surface area contributed by atoms with Crippen molar-refractivity contribution in [2.75, 3.05) is 30.8 Å². The van der Waals surface area contributed by atoms with E-state index in [0.29, 0.717) is 24.1 Å². The molecule has 0 aliphatic rings. The summed E-state index contributed by atoms with van der Waals surface area (Å²) < 4.78 is 5.31. The molecule has 0 unspecified atom stereocenters. The fourth-order valence-corrected chi connectivity index (χ4v) is 4.12. The number of hydrogen-bond donors (Lipinski definition) is 2. The third-order valence-corrected chi connectivity index (χ3v) is 6.12. The molecule has 6 nitrogen and oxygen atoms in total. The summed E-state index contributed by atoms with van der Waals surface area (Å²) in [5.74, 6) is 1.38. The first-order valence-electron chi connectivity index (χ1n) is 11.7. The summed E-state index contributed by atoms with van der Waals surface area (Å²) in [7, 11) is 1.66. The fourth-order valence-electron chi connectivity index (χ4n) is 3.96. The second-order valence-electron chi connectivity index (χ2n) is 8.43. The third-order valence-electron chi connectivity index (χ3n) is 5.89. The molecule has 0 saturated heterocycles. The summed E-state index contributed by atoms with van der Waals surface area (Å²) in [6, 6.07) is 25.9. The Hall–Kier alpha value is -4.16. The largest absolute Gasteiger partial charge is 0.497 e. The molecule has 0 aliphatic heterocycles. The summed E-state index contributed by atoms with van der Waals surface area (Å²) in [5, 5.41) is 8.56. The lowest BCUT2D eigenvalue weighted by Gasteiger charge is -2.13. The molecule has 2 N–H and O–H groups in total. The molecule has 2 aromatic heterocycles. The summed E-state index contributed by atoms with van der Waals surface area (Å²) >= 11 is 6.11. The smallest absolute Gasteiger partial charge is 0.223 e. The number of fused-ring (bicyclic) bond motifs is 1. The van der Waals surface area contributed by atoms with E-state index in [1.165, 1.54) is 5.56 Å². The minimum absolute atomic E-state index is 0.576. The topological polar surface area (TPSA) is 72.0 Å². The van der Waals surface area contributed by atoms with Crippen LogP contribution in [0.2, 0.25) is 5.02 Å². The molecule has 0 radical (unpaired) electrons. The average molecular weight is 496 g/mol. The molecule has 2 heterocycles. The number of methoxy groups -OCH3 is 1. The minimum atomic E-state index is 0.576. The van der Waals surface area contributed by atoms with Crippen molar-refractivity contribution in [3.05, 3.63) is 95.6 Å². The molecule has 180 valence electrons. The molecule has 3 aromatic carbocycles. The number of benzene rings is 3. The van der Waals surface area contributed by atoms with Gasteiger partial charge in [0.15, 0.2) is 0 Å². The van der Waals surface area contributed by atoms with Crippen LogP contribution in [0.4, 0.5) is 11.6 Å². The predicted molar refractivity (Wildman–Crippen MR) is 148 cm³/mol. The highest BCUT2D eigenvalue weighted by Crippen LogP contribution is 2.27. The molecule has 0 aliphatic carbocycles. The van der Waals surface area contributed by atoms with Gasteiger partial charge in [0, 0.05) is 46.5 Å². The number of aromatic nitrogens is 3. The van der Waals surface area contributed by atoms with E-state index in [0.717, 1.165) is 44.9 Å². The molecule has 36 heavy (non-hydrogen) atoms. The number of halogens is 1. The number of ether oxygens (including phenoxy) is 1. The van der Waals surface area contributed by atoms with Crippen LogP contribution in [0.25, 0.3) is 33.4 Å². The molecule has 0 saturated carbocycles. The van der Waals surface area contributed by atoms with Crippen molar-refractivity contribution < 1.29 is 4.74 Å². The van der Waals surface area contributed by atoms with E-state index in [1.54, 1.807) is 13.3 Å². The lowest BCUT2D eigenvalue weighted by Crippen LogP contribution is -2.15. The molecule has 5 aromatic rings. The summed E-state index contributed by atoms with van der Waals surface area (Å²) in [6.07, 6.45) is 1.78. The second kappa shape index (κ2) is 10.6. The minimum Gasteiger partial charge on any atom is -0.497 e. The highest BCUT2D eigenvalue weighted by Gasteiger charge is 2.10. The molecule has 0 bridgehead atoms. The maximum Gasteiger partial charge on any atom is 0.223 e. The van der Waals surface area contributed by atoms with Crippen molar-refractivity contribution in [1.82, 2.24) is 15.0 Å². The Kier molecular flexibility index (Phi) is 6.96. The van der Waals surface area contributed by atoms with Crippen LogP contribution in [0.1, 0.15) is 5.56 Å². The van der Waals surface area contributed by atoms with Crippen LogP contribution in [0, 0.1) is 6.92 Å². The Morgan fingerprint density at radius 2 is 1.44 bits per heavy atom. The second-order valence-corrected chi connectivity index (χ2v) is 8.87. The Bertz CT molecular complexity index is 1490. The highest BCUT2D eigenvalue weighted by atomic mass is 35.5. The lowest BCUT2D eigenvalue weighted by atomic mass is 10.1. The maximum absolute atomic E-state index is 6.11. The summed E-state index contributed by atoms with van der Waals surface area (Å²) in [5.41, 5.74) is 6.82. The van der Waals surface area contributed by atoms with Crippen molar-refractivity contribution in [3.63, 3.8) is 0 Å². The van der Waals surface area contributed by atoms with Gasteiger partial charge >= 0.3 is 0 Å². The van der Waals surface area contributed by atoms with Crippen LogP contribution in [-0.2, 0) is 0 Å². The molecule has 0 amide bonds. The molecule has 5 rings (SSSR count). The van der Waals surface area contributed by atoms with Gasteiger partial charge in [0.25, 0.3) is 0 Å². The van der Waals surface area contributed by atoms with Gasteiger partial charge in [-0.1, -0.05) is 41.4 Å². The number of rotatable bonds is 8. The predicted octanol–water partition coefficient (Wildman–Crippen LogP) is 6.85. The van der Waals surface area contributed by atoms with E-state index >= 15 is 0 Å². The normalized spacial score (nSPS) is 10.9. The van der Waals surface area contributed by atoms with Gasteiger partial charge in [-0.3, -0.25) is 4.98 Å².